The highest BCUT2D eigenvalue weighted by atomic mass is 35.5. The maximum atomic E-state index is 10.6. The summed E-state index contributed by atoms with van der Waals surface area (Å²) >= 11 is 7.67. The number of nitrogens with zero attached hydrogens (tertiary/aromatic N) is 3. The first kappa shape index (κ1) is 10.1. The van der Waals surface area contributed by atoms with Gasteiger partial charge in [-0.05, 0) is 18.4 Å². The zero-order valence-corrected chi connectivity index (χ0v) is 9.88. The van der Waals surface area contributed by atoms with Crippen LogP contribution in [-0.4, -0.2) is 16.0 Å². The van der Waals surface area contributed by atoms with Crippen LogP contribution in [0, 0.1) is 4.91 Å². The molecule has 0 saturated carbocycles. The molecule has 2 aromatic heterocycles. The van der Waals surface area contributed by atoms with E-state index in [0.717, 1.165) is 29.5 Å². The Kier molecular flexibility index (Phi) is 2.37. The molecule has 82 valence electrons. The van der Waals surface area contributed by atoms with Gasteiger partial charge < -0.3 is 0 Å². The van der Waals surface area contributed by atoms with Crippen LogP contribution in [0.2, 0.25) is 5.15 Å². The van der Waals surface area contributed by atoms with Crippen molar-refractivity contribution < 1.29 is 0 Å². The fourth-order valence-corrected chi connectivity index (χ4v) is 3.71. The van der Waals surface area contributed by atoms with E-state index in [4.69, 9.17) is 11.6 Å². The lowest BCUT2D eigenvalue weighted by Crippen LogP contribution is -2.14. The van der Waals surface area contributed by atoms with Crippen molar-refractivity contribution >= 4 is 33.2 Å². The van der Waals surface area contributed by atoms with Gasteiger partial charge in [0.25, 0.3) is 0 Å². The van der Waals surface area contributed by atoms with Crippen LogP contribution in [0.1, 0.15) is 16.9 Å². The van der Waals surface area contributed by atoms with Crippen molar-refractivity contribution in [1.82, 2.24) is 9.97 Å². The molecule has 3 rings (SSSR count). The summed E-state index contributed by atoms with van der Waals surface area (Å²) in [5, 5.41) is 4.61. The maximum Gasteiger partial charge on any atom is 0.141 e. The predicted molar refractivity (Wildman–Crippen MR) is 64.0 cm³/mol. The molecule has 2 aromatic rings. The second-order valence-electron chi connectivity index (χ2n) is 3.85. The predicted octanol–water partition coefficient (Wildman–Crippen LogP) is 2.97. The van der Waals surface area contributed by atoms with Crippen LogP contribution in [0.4, 0.5) is 0 Å². The summed E-state index contributed by atoms with van der Waals surface area (Å²) in [6.45, 7) is 0. The zero-order chi connectivity index (χ0) is 11.1. The van der Waals surface area contributed by atoms with E-state index in [2.05, 4.69) is 15.1 Å². The number of rotatable bonds is 1. The van der Waals surface area contributed by atoms with Crippen LogP contribution >= 0.6 is 22.9 Å². The third-order valence-electron chi connectivity index (χ3n) is 2.92. The highest BCUT2D eigenvalue weighted by Gasteiger charge is 2.24. The molecule has 0 N–H and O–H groups in total. The molecule has 0 amide bonds. The third kappa shape index (κ3) is 1.43. The van der Waals surface area contributed by atoms with Crippen LogP contribution in [0.15, 0.2) is 11.5 Å². The number of nitroso groups, excluding NO2 is 1. The van der Waals surface area contributed by atoms with Crippen LogP contribution in [-0.2, 0) is 12.8 Å². The number of aromatic nitrogens is 2. The van der Waals surface area contributed by atoms with Crippen molar-refractivity contribution in [2.45, 2.75) is 25.3 Å². The van der Waals surface area contributed by atoms with E-state index in [1.54, 1.807) is 11.3 Å². The van der Waals surface area contributed by atoms with Gasteiger partial charge in [0.1, 0.15) is 16.3 Å². The molecular formula is C10H8ClN3OS. The molecule has 0 spiro atoms. The van der Waals surface area contributed by atoms with Crippen LogP contribution in [0.5, 0.6) is 0 Å². The Morgan fingerprint density at radius 3 is 3.19 bits per heavy atom. The van der Waals surface area contributed by atoms with E-state index < -0.39 is 0 Å². The Morgan fingerprint density at radius 1 is 1.50 bits per heavy atom. The largest absolute Gasteiger partial charge is 0.225 e. The van der Waals surface area contributed by atoms with E-state index in [9.17, 15) is 4.91 Å². The average molecular weight is 254 g/mol. The van der Waals surface area contributed by atoms with E-state index in [-0.39, 0.29) is 6.04 Å². The quantitative estimate of drug-likeness (QED) is 0.580. The molecule has 2 heterocycles. The summed E-state index contributed by atoms with van der Waals surface area (Å²) in [6.07, 6.45) is 3.84. The highest BCUT2D eigenvalue weighted by molar-refractivity contribution is 7.19. The highest BCUT2D eigenvalue weighted by Crippen LogP contribution is 2.38. The fourth-order valence-electron chi connectivity index (χ4n) is 2.14. The summed E-state index contributed by atoms with van der Waals surface area (Å²) < 4.78 is 0. The summed E-state index contributed by atoms with van der Waals surface area (Å²) in [6, 6.07) is -0.0905. The molecule has 0 saturated heterocycles. The second kappa shape index (κ2) is 3.75. The number of halogens is 1. The maximum absolute atomic E-state index is 10.6. The lowest BCUT2D eigenvalue weighted by molar-refractivity contribution is 0.584. The summed E-state index contributed by atoms with van der Waals surface area (Å²) in [7, 11) is 0. The third-order valence-corrected chi connectivity index (χ3v) is 4.37. The van der Waals surface area contributed by atoms with E-state index in [0.29, 0.717) is 5.15 Å². The van der Waals surface area contributed by atoms with E-state index in [1.807, 2.05) is 0 Å². The van der Waals surface area contributed by atoms with Crippen molar-refractivity contribution in [2.75, 3.05) is 0 Å². The Balaban J connectivity index is 2.20. The molecule has 6 heteroatoms. The molecule has 0 fully saturated rings. The minimum atomic E-state index is -0.0905. The van der Waals surface area contributed by atoms with Gasteiger partial charge in [-0.25, -0.2) is 9.97 Å². The van der Waals surface area contributed by atoms with Gasteiger partial charge in [0.15, 0.2) is 0 Å². The van der Waals surface area contributed by atoms with Gasteiger partial charge in [0.05, 0.1) is 11.4 Å². The summed E-state index contributed by atoms with van der Waals surface area (Å²) in [5.74, 6) is 0. The van der Waals surface area contributed by atoms with Gasteiger partial charge in [-0.2, -0.15) is 4.91 Å². The summed E-state index contributed by atoms with van der Waals surface area (Å²) in [5.41, 5.74) is 1.21. The number of fused-ring (bicyclic) bond motifs is 3. The fraction of sp³-hybridized carbons (Fsp3) is 0.400. The van der Waals surface area contributed by atoms with Crippen LogP contribution < -0.4 is 0 Å². The smallest absolute Gasteiger partial charge is 0.141 e. The first-order valence-corrected chi connectivity index (χ1v) is 6.22. The second-order valence-corrected chi connectivity index (χ2v) is 5.29. The van der Waals surface area contributed by atoms with Crippen molar-refractivity contribution in [3.05, 3.63) is 26.8 Å². The molecule has 1 aliphatic rings. The molecule has 1 aliphatic carbocycles. The van der Waals surface area contributed by atoms with Gasteiger partial charge in [-0.1, -0.05) is 16.8 Å². The lowest BCUT2D eigenvalue weighted by Gasteiger charge is -2.15. The topological polar surface area (TPSA) is 55.2 Å². The van der Waals surface area contributed by atoms with E-state index >= 15 is 0 Å². The minimum absolute atomic E-state index is 0.0905. The van der Waals surface area contributed by atoms with Crippen LogP contribution in [0.3, 0.4) is 0 Å². The first-order valence-electron chi connectivity index (χ1n) is 5.03. The Bertz CT molecular complexity index is 568. The van der Waals surface area contributed by atoms with Crippen molar-refractivity contribution in [1.29, 1.82) is 0 Å². The van der Waals surface area contributed by atoms with Gasteiger partial charge >= 0.3 is 0 Å². The molecular weight excluding hydrogens is 246 g/mol. The van der Waals surface area contributed by atoms with Gasteiger partial charge in [0.2, 0.25) is 0 Å². The summed E-state index contributed by atoms with van der Waals surface area (Å²) in [4.78, 5) is 20.9. The lowest BCUT2D eigenvalue weighted by atomic mass is 9.94. The monoisotopic (exact) mass is 253 g/mol. The number of hydrogen-bond donors (Lipinski definition) is 0. The van der Waals surface area contributed by atoms with Crippen LogP contribution in [0.25, 0.3) is 10.2 Å². The Hall–Kier alpha value is -1.07. The average Bonchev–Trinajstić information content (AvgIpc) is 2.67. The number of aryl methyl sites for hydroxylation is 1. The zero-order valence-electron chi connectivity index (χ0n) is 8.31. The molecule has 0 radical (unpaired) electrons. The molecule has 1 atom stereocenters. The van der Waals surface area contributed by atoms with Gasteiger partial charge in [0, 0.05) is 11.3 Å². The number of thiophene rings is 1. The van der Waals surface area contributed by atoms with Crippen molar-refractivity contribution in [3.63, 3.8) is 0 Å². The molecule has 0 aromatic carbocycles. The van der Waals surface area contributed by atoms with Crippen molar-refractivity contribution in [3.8, 4) is 0 Å². The minimum Gasteiger partial charge on any atom is -0.225 e. The first-order chi connectivity index (χ1) is 7.79. The van der Waals surface area contributed by atoms with E-state index in [1.165, 1.54) is 16.8 Å². The van der Waals surface area contributed by atoms with Gasteiger partial charge in [-0.15, -0.1) is 11.3 Å². The standard InChI is InChI=1S/C10H8ClN3OS/c11-9-8-6-2-1-5(14-15)3-7(6)16-10(8)13-4-12-9/h4-5H,1-3H2. The molecule has 1 unspecified atom stereocenters. The molecule has 0 aliphatic heterocycles. The molecule has 4 nitrogen and oxygen atoms in total. The Labute approximate surface area is 101 Å². The van der Waals surface area contributed by atoms with Crippen molar-refractivity contribution in [2.24, 2.45) is 5.18 Å². The normalized spacial score (nSPS) is 19.7. The Morgan fingerprint density at radius 2 is 2.38 bits per heavy atom. The molecule has 0 bridgehead atoms. The van der Waals surface area contributed by atoms with Gasteiger partial charge in [-0.3, -0.25) is 0 Å². The molecule has 16 heavy (non-hydrogen) atoms. The SMILES string of the molecule is O=NC1CCc2c(sc3ncnc(Cl)c23)C1. The number of hydrogen-bond acceptors (Lipinski definition) is 5.